The van der Waals surface area contributed by atoms with Crippen LogP contribution in [0, 0.1) is 5.92 Å². The fraction of sp³-hybridized carbons (Fsp3) is 0.571. The number of carbonyl (C=O) groups is 1. The molecule has 0 unspecified atom stereocenters. The molecule has 0 atom stereocenters. The minimum Gasteiger partial charge on any atom is -0.465 e. The summed E-state index contributed by atoms with van der Waals surface area (Å²) < 4.78 is 4.76. The van der Waals surface area contributed by atoms with Crippen LogP contribution in [0.25, 0.3) is 0 Å². The summed E-state index contributed by atoms with van der Waals surface area (Å²) in [6.07, 6.45) is 6.86. The van der Waals surface area contributed by atoms with Gasteiger partial charge in [-0.2, -0.15) is 0 Å². The number of rotatable bonds is 5. The van der Waals surface area contributed by atoms with E-state index in [1.807, 2.05) is 6.07 Å². The van der Waals surface area contributed by atoms with Gasteiger partial charge in [-0.1, -0.05) is 0 Å². The van der Waals surface area contributed by atoms with E-state index in [4.69, 9.17) is 4.74 Å². The Morgan fingerprint density at radius 3 is 2.83 bits per heavy atom. The number of aromatic nitrogens is 1. The van der Waals surface area contributed by atoms with Crippen LogP contribution in [0.1, 0.15) is 36.0 Å². The Morgan fingerprint density at radius 1 is 1.44 bits per heavy atom. The molecule has 1 aromatic heterocycles. The predicted molar refractivity (Wildman–Crippen MR) is 68.7 cm³/mol. The average Bonchev–Trinajstić information content (AvgIpc) is 3.28. The summed E-state index contributed by atoms with van der Waals surface area (Å²) >= 11 is 0. The molecule has 0 aromatic carbocycles. The van der Waals surface area contributed by atoms with Crippen LogP contribution in [0.5, 0.6) is 0 Å². The quantitative estimate of drug-likeness (QED) is 0.747. The van der Waals surface area contributed by atoms with Crippen LogP contribution in [-0.4, -0.2) is 30.6 Å². The van der Waals surface area contributed by atoms with Gasteiger partial charge in [-0.25, -0.2) is 9.78 Å². The maximum Gasteiger partial charge on any atom is 0.338 e. The number of hydrogen-bond acceptors (Lipinski definition) is 4. The second-order valence-corrected chi connectivity index (χ2v) is 5.22. The molecule has 0 spiro atoms. The monoisotopic (exact) mass is 246 g/mol. The summed E-state index contributed by atoms with van der Waals surface area (Å²) in [4.78, 5) is 18.3. The lowest BCUT2D eigenvalue weighted by Gasteiger charge is -2.23. The second kappa shape index (κ2) is 4.59. The molecule has 2 aliphatic rings. The van der Waals surface area contributed by atoms with Gasteiger partial charge in [0.15, 0.2) is 0 Å². The van der Waals surface area contributed by atoms with Crippen molar-refractivity contribution in [2.75, 3.05) is 18.6 Å². The van der Waals surface area contributed by atoms with Gasteiger partial charge in [-0.05, 0) is 43.7 Å². The van der Waals surface area contributed by atoms with Crippen molar-refractivity contribution in [1.82, 2.24) is 4.98 Å². The molecule has 0 aliphatic heterocycles. The zero-order chi connectivity index (χ0) is 12.5. The Morgan fingerprint density at radius 2 is 2.22 bits per heavy atom. The Balaban J connectivity index is 1.81. The number of anilines is 1. The molecule has 0 saturated heterocycles. The van der Waals surface area contributed by atoms with Gasteiger partial charge in [0.2, 0.25) is 0 Å². The summed E-state index contributed by atoms with van der Waals surface area (Å²) in [6, 6.07) is 4.19. The van der Waals surface area contributed by atoms with E-state index in [2.05, 4.69) is 9.88 Å². The lowest BCUT2D eigenvalue weighted by Crippen LogP contribution is -2.29. The highest BCUT2D eigenvalue weighted by Crippen LogP contribution is 2.37. The van der Waals surface area contributed by atoms with Crippen LogP contribution < -0.4 is 4.90 Å². The van der Waals surface area contributed by atoms with Gasteiger partial charge in [0.25, 0.3) is 0 Å². The summed E-state index contributed by atoms with van der Waals surface area (Å²) in [6.45, 7) is 1.09. The van der Waals surface area contributed by atoms with E-state index in [1.54, 1.807) is 12.3 Å². The van der Waals surface area contributed by atoms with E-state index >= 15 is 0 Å². The van der Waals surface area contributed by atoms with E-state index in [1.165, 1.54) is 32.8 Å². The smallest absolute Gasteiger partial charge is 0.338 e. The molecule has 4 heteroatoms. The SMILES string of the molecule is COC(=O)c1ccnc(N(CC2CC2)C2CC2)c1. The molecule has 3 rings (SSSR count). The normalized spacial score (nSPS) is 18.5. The number of methoxy groups -OCH3 is 1. The van der Waals surface area contributed by atoms with Gasteiger partial charge in [0.05, 0.1) is 12.7 Å². The lowest BCUT2D eigenvalue weighted by molar-refractivity contribution is 0.0600. The Hall–Kier alpha value is -1.58. The third kappa shape index (κ3) is 2.47. The molecule has 1 aromatic rings. The number of esters is 1. The molecule has 1 heterocycles. The summed E-state index contributed by atoms with van der Waals surface area (Å²) in [5, 5.41) is 0. The van der Waals surface area contributed by atoms with Gasteiger partial charge < -0.3 is 9.64 Å². The molecule has 96 valence electrons. The maximum absolute atomic E-state index is 11.5. The molecule has 0 amide bonds. The number of ether oxygens (including phenoxy) is 1. The second-order valence-electron chi connectivity index (χ2n) is 5.22. The number of nitrogens with zero attached hydrogens (tertiary/aromatic N) is 2. The van der Waals surface area contributed by atoms with Gasteiger partial charge in [0.1, 0.15) is 5.82 Å². The first-order valence-corrected chi connectivity index (χ1v) is 6.59. The third-order valence-corrected chi connectivity index (χ3v) is 3.60. The Kier molecular flexibility index (Phi) is 2.94. The van der Waals surface area contributed by atoms with Crippen molar-refractivity contribution < 1.29 is 9.53 Å². The molecule has 18 heavy (non-hydrogen) atoms. The molecular weight excluding hydrogens is 228 g/mol. The van der Waals surface area contributed by atoms with Crippen molar-refractivity contribution >= 4 is 11.8 Å². The summed E-state index contributed by atoms with van der Waals surface area (Å²) in [5.74, 6) is 1.46. The van der Waals surface area contributed by atoms with E-state index in [0.717, 1.165) is 18.3 Å². The van der Waals surface area contributed by atoms with E-state index in [0.29, 0.717) is 11.6 Å². The standard InChI is InChI=1S/C14H18N2O2/c1-18-14(17)11-6-7-15-13(8-11)16(12-4-5-12)9-10-2-3-10/h6-8,10,12H,2-5,9H2,1H3. The highest BCUT2D eigenvalue weighted by atomic mass is 16.5. The van der Waals surface area contributed by atoms with Crippen LogP contribution >= 0.6 is 0 Å². The zero-order valence-electron chi connectivity index (χ0n) is 10.6. The van der Waals surface area contributed by atoms with Crippen molar-refractivity contribution in [2.24, 2.45) is 5.92 Å². The Labute approximate surface area is 107 Å². The average molecular weight is 246 g/mol. The number of pyridine rings is 1. The first-order valence-electron chi connectivity index (χ1n) is 6.59. The fourth-order valence-corrected chi connectivity index (χ4v) is 2.21. The van der Waals surface area contributed by atoms with Crippen molar-refractivity contribution in [3.63, 3.8) is 0 Å². The highest BCUT2D eigenvalue weighted by molar-refractivity contribution is 5.90. The van der Waals surface area contributed by atoms with Gasteiger partial charge in [-0.3, -0.25) is 0 Å². The minimum atomic E-state index is -0.291. The van der Waals surface area contributed by atoms with Crippen molar-refractivity contribution in [3.8, 4) is 0 Å². The van der Waals surface area contributed by atoms with Crippen LogP contribution in [0.2, 0.25) is 0 Å². The predicted octanol–water partition coefficient (Wildman–Crippen LogP) is 2.25. The summed E-state index contributed by atoms with van der Waals surface area (Å²) in [5.41, 5.74) is 0.587. The van der Waals surface area contributed by atoms with Crippen molar-refractivity contribution in [2.45, 2.75) is 31.7 Å². The Bertz CT molecular complexity index is 453. The molecule has 2 fully saturated rings. The van der Waals surface area contributed by atoms with Crippen molar-refractivity contribution in [1.29, 1.82) is 0 Å². The highest BCUT2D eigenvalue weighted by Gasteiger charge is 2.34. The van der Waals surface area contributed by atoms with Crippen LogP contribution in [-0.2, 0) is 4.74 Å². The maximum atomic E-state index is 11.5. The zero-order valence-corrected chi connectivity index (χ0v) is 10.6. The van der Waals surface area contributed by atoms with Crippen molar-refractivity contribution in [3.05, 3.63) is 23.9 Å². The molecule has 0 N–H and O–H groups in total. The van der Waals surface area contributed by atoms with Crippen LogP contribution in [0.15, 0.2) is 18.3 Å². The number of hydrogen-bond donors (Lipinski definition) is 0. The van der Waals surface area contributed by atoms with Gasteiger partial charge in [0, 0.05) is 18.8 Å². The molecule has 2 saturated carbocycles. The number of carbonyl (C=O) groups excluding carboxylic acids is 1. The van der Waals surface area contributed by atoms with Crippen LogP contribution in [0.4, 0.5) is 5.82 Å². The molecule has 0 radical (unpaired) electrons. The van der Waals surface area contributed by atoms with E-state index < -0.39 is 0 Å². The largest absolute Gasteiger partial charge is 0.465 e. The molecule has 4 nitrogen and oxygen atoms in total. The first-order chi connectivity index (χ1) is 8.78. The lowest BCUT2D eigenvalue weighted by atomic mass is 10.2. The molecular formula is C14H18N2O2. The first kappa shape index (κ1) is 11.5. The third-order valence-electron chi connectivity index (χ3n) is 3.60. The van der Waals surface area contributed by atoms with E-state index in [-0.39, 0.29) is 5.97 Å². The van der Waals surface area contributed by atoms with Gasteiger partial charge >= 0.3 is 5.97 Å². The summed E-state index contributed by atoms with van der Waals surface area (Å²) in [7, 11) is 1.41. The molecule has 0 bridgehead atoms. The van der Waals surface area contributed by atoms with Crippen LogP contribution in [0.3, 0.4) is 0 Å². The molecule has 2 aliphatic carbocycles. The van der Waals surface area contributed by atoms with Gasteiger partial charge in [-0.15, -0.1) is 0 Å². The fourth-order valence-electron chi connectivity index (χ4n) is 2.21. The topological polar surface area (TPSA) is 42.4 Å². The van der Waals surface area contributed by atoms with E-state index in [9.17, 15) is 4.79 Å². The minimum absolute atomic E-state index is 0.291.